The van der Waals surface area contributed by atoms with E-state index >= 15 is 0 Å². The molecule has 0 spiro atoms. The summed E-state index contributed by atoms with van der Waals surface area (Å²) in [4.78, 5) is 0. The maximum Gasteiger partial charge on any atom is 1.00 e. The third kappa shape index (κ3) is 5.12. The van der Waals surface area contributed by atoms with E-state index in [2.05, 4.69) is 0 Å². The molecule has 72 valence electrons. The molecular formula is C9H11NaO3S. The van der Waals surface area contributed by atoms with Crippen LogP contribution in [0.4, 0.5) is 0 Å². The molecule has 1 atom stereocenters. The number of rotatable bonds is 4. The van der Waals surface area contributed by atoms with E-state index in [1.807, 2.05) is 24.3 Å². The van der Waals surface area contributed by atoms with Crippen molar-refractivity contribution < 1.29 is 43.1 Å². The summed E-state index contributed by atoms with van der Waals surface area (Å²) >= 11 is -1.95. The number of ether oxygens (including phenoxy) is 1. The van der Waals surface area contributed by atoms with Crippen molar-refractivity contribution in [2.24, 2.45) is 0 Å². The molecule has 5 heteroatoms. The Morgan fingerprint density at radius 3 is 2.36 bits per heavy atom. The largest absolute Gasteiger partial charge is 1.00 e. The molecule has 1 aromatic carbocycles. The van der Waals surface area contributed by atoms with Crippen LogP contribution in [0.5, 0.6) is 5.75 Å². The van der Waals surface area contributed by atoms with E-state index < -0.39 is 11.1 Å². The Hall–Kier alpha value is 0.130. The van der Waals surface area contributed by atoms with Crippen molar-refractivity contribution in [3.63, 3.8) is 0 Å². The summed E-state index contributed by atoms with van der Waals surface area (Å²) in [5.41, 5.74) is 1.00. The molecule has 0 saturated heterocycles. The van der Waals surface area contributed by atoms with Crippen molar-refractivity contribution in [3.8, 4) is 5.75 Å². The molecule has 0 aliphatic carbocycles. The van der Waals surface area contributed by atoms with Gasteiger partial charge < -0.3 is 9.29 Å². The first-order valence-electron chi connectivity index (χ1n) is 3.91. The first kappa shape index (κ1) is 14.1. The number of benzene rings is 1. The van der Waals surface area contributed by atoms with Crippen molar-refractivity contribution >= 4 is 11.1 Å². The smallest absolute Gasteiger partial charge is 0.772 e. The summed E-state index contributed by atoms with van der Waals surface area (Å²) in [6.07, 6.45) is 0.556. The zero-order valence-electron chi connectivity index (χ0n) is 8.36. The van der Waals surface area contributed by atoms with Crippen molar-refractivity contribution in [2.45, 2.75) is 6.42 Å². The maximum atomic E-state index is 10.3. The van der Waals surface area contributed by atoms with Gasteiger partial charge in [-0.15, -0.1) is 0 Å². The van der Waals surface area contributed by atoms with Gasteiger partial charge in [0.15, 0.2) is 0 Å². The average Bonchev–Trinajstić information content (AvgIpc) is 2.15. The van der Waals surface area contributed by atoms with E-state index in [9.17, 15) is 8.76 Å². The molecular weight excluding hydrogens is 211 g/mol. The van der Waals surface area contributed by atoms with Gasteiger partial charge in [-0.3, -0.25) is 4.21 Å². The summed E-state index contributed by atoms with van der Waals surface area (Å²) in [6.45, 7) is 0. The van der Waals surface area contributed by atoms with E-state index in [0.717, 1.165) is 11.3 Å². The first-order valence-corrected chi connectivity index (χ1v) is 5.15. The van der Waals surface area contributed by atoms with Crippen LogP contribution in [0.15, 0.2) is 24.3 Å². The molecule has 0 aliphatic rings. The zero-order valence-corrected chi connectivity index (χ0v) is 11.2. The Kier molecular flexibility index (Phi) is 7.49. The summed E-state index contributed by atoms with van der Waals surface area (Å²) in [7, 11) is 1.60. The molecule has 14 heavy (non-hydrogen) atoms. The van der Waals surface area contributed by atoms with Gasteiger partial charge >= 0.3 is 29.6 Å². The molecule has 0 bridgehead atoms. The van der Waals surface area contributed by atoms with Gasteiger partial charge in [0.2, 0.25) is 0 Å². The Bertz CT molecular complexity index is 287. The van der Waals surface area contributed by atoms with Gasteiger partial charge in [-0.1, -0.05) is 23.2 Å². The van der Waals surface area contributed by atoms with Crippen LogP contribution in [-0.4, -0.2) is 21.6 Å². The van der Waals surface area contributed by atoms with Crippen LogP contribution in [-0.2, 0) is 17.5 Å². The third-order valence-electron chi connectivity index (χ3n) is 1.72. The molecule has 0 aromatic heterocycles. The number of methoxy groups -OCH3 is 1. The standard InChI is InChI=1S/C9H12O3S.Na/c1-12-9-4-2-8(3-5-9)6-7-13(10)11;/h2-5H,6-7H2,1H3,(H,10,11);/q;+1/p-1. The average molecular weight is 222 g/mol. The topological polar surface area (TPSA) is 49.4 Å². The molecule has 1 unspecified atom stereocenters. The summed E-state index contributed by atoms with van der Waals surface area (Å²) in [5.74, 6) is 0.957. The van der Waals surface area contributed by atoms with Gasteiger partial charge in [0.05, 0.1) is 7.11 Å². The quantitative estimate of drug-likeness (QED) is 0.442. The van der Waals surface area contributed by atoms with Crippen LogP contribution in [0, 0.1) is 0 Å². The molecule has 0 fully saturated rings. The van der Waals surface area contributed by atoms with Crippen LogP contribution >= 0.6 is 0 Å². The van der Waals surface area contributed by atoms with Gasteiger partial charge in [-0.25, -0.2) is 0 Å². The fourth-order valence-electron chi connectivity index (χ4n) is 0.993. The fraction of sp³-hybridized carbons (Fsp3) is 0.333. The van der Waals surface area contributed by atoms with E-state index in [1.165, 1.54) is 0 Å². The summed E-state index contributed by atoms with van der Waals surface area (Å²) in [5, 5.41) is 0. The van der Waals surface area contributed by atoms with E-state index in [0.29, 0.717) is 6.42 Å². The van der Waals surface area contributed by atoms with E-state index in [1.54, 1.807) is 7.11 Å². The number of hydrogen-bond acceptors (Lipinski definition) is 3. The number of aryl methyl sites for hydroxylation is 1. The Balaban J connectivity index is 0.00000169. The van der Waals surface area contributed by atoms with Crippen LogP contribution < -0.4 is 34.3 Å². The van der Waals surface area contributed by atoms with Crippen LogP contribution in [0.1, 0.15) is 5.56 Å². The van der Waals surface area contributed by atoms with Gasteiger partial charge in [-0.2, -0.15) is 0 Å². The van der Waals surface area contributed by atoms with E-state index in [4.69, 9.17) is 4.74 Å². The monoisotopic (exact) mass is 222 g/mol. The molecule has 0 radical (unpaired) electrons. The number of hydrogen-bond donors (Lipinski definition) is 0. The second-order valence-electron chi connectivity index (χ2n) is 2.61. The molecule has 0 aliphatic heterocycles. The SMILES string of the molecule is COc1ccc(CCS(=O)[O-])cc1.[Na+]. The summed E-state index contributed by atoms with van der Waals surface area (Å²) < 4.78 is 25.5. The van der Waals surface area contributed by atoms with Gasteiger partial charge in [0.25, 0.3) is 0 Å². The molecule has 3 nitrogen and oxygen atoms in total. The fourth-order valence-corrected chi connectivity index (χ4v) is 1.40. The van der Waals surface area contributed by atoms with Crippen molar-refractivity contribution in [3.05, 3.63) is 29.8 Å². The second-order valence-corrected chi connectivity index (χ2v) is 3.62. The van der Waals surface area contributed by atoms with Crippen LogP contribution in [0.2, 0.25) is 0 Å². The molecule has 0 saturated carbocycles. The van der Waals surface area contributed by atoms with Crippen molar-refractivity contribution in [1.29, 1.82) is 0 Å². The zero-order chi connectivity index (χ0) is 9.68. The predicted octanol–water partition coefficient (Wildman–Crippen LogP) is -1.88. The molecule has 1 aromatic rings. The van der Waals surface area contributed by atoms with E-state index in [-0.39, 0.29) is 35.3 Å². The molecule has 1 rings (SSSR count). The predicted molar refractivity (Wildman–Crippen MR) is 50.5 cm³/mol. The van der Waals surface area contributed by atoms with Gasteiger partial charge in [0.1, 0.15) is 5.75 Å². The third-order valence-corrected chi connectivity index (χ3v) is 2.25. The molecule has 0 N–H and O–H groups in total. The van der Waals surface area contributed by atoms with Crippen LogP contribution in [0.3, 0.4) is 0 Å². The minimum atomic E-state index is -1.95. The van der Waals surface area contributed by atoms with Gasteiger partial charge in [0, 0.05) is 5.75 Å². The second kappa shape index (κ2) is 7.43. The maximum absolute atomic E-state index is 10.3. The minimum Gasteiger partial charge on any atom is -0.772 e. The first-order chi connectivity index (χ1) is 6.22. The van der Waals surface area contributed by atoms with Crippen molar-refractivity contribution in [1.82, 2.24) is 0 Å². The minimum absolute atomic E-state index is 0. The Morgan fingerprint density at radius 1 is 1.36 bits per heavy atom. The molecule has 0 amide bonds. The Labute approximate surface area is 108 Å². The van der Waals surface area contributed by atoms with Crippen molar-refractivity contribution in [2.75, 3.05) is 12.9 Å². The normalized spacial score (nSPS) is 11.6. The Morgan fingerprint density at radius 2 is 1.93 bits per heavy atom. The van der Waals surface area contributed by atoms with Crippen LogP contribution in [0.25, 0.3) is 0 Å². The van der Waals surface area contributed by atoms with Gasteiger partial charge in [-0.05, 0) is 24.1 Å². The molecule has 0 heterocycles. The summed E-state index contributed by atoms with van der Waals surface area (Å²) in [6, 6.07) is 7.38.